The number of hydrogen-bond acceptors (Lipinski definition) is 5. The Labute approximate surface area is 193 Å². The van der Waals surface area contributed by atoms with E-state index < -0.39 is 15.9 Å². The summed E-state index contributed by atoms with van der Waals surface area (Å²) >= 11 is 0. The van der Waals surface area contributed by atoms with Gasteiger partial charge in [0.05, 0.1) is 12.0 Å². The van der Waals surface area contributed by atoms with Gasteiger partial charge in [0, 0.05) is 23.8 Å². The van der Waals surface area contributed by atoms with Gasteiger partial charge in [-0.05, 0) is 61.7 Å². The fourth-order valence-corrected chi connectivity index (χ4v) is 4.58. The van der Waals surface area contributed by atoms with Crippen LogP contribution in [-0.4, -0.2) is 26.3 Å². The van der Waals surface area contributed by atoms with Crippen molar-refractivity contribution in [2.75, 3.05) is 5.32 Å². The van der Waals surface area contributed by atoms with Crippen LogP contribution in [0.25, 0.3) is 0 Å². The van der Waals surface area contributed by atoms with E-state index in [-0.39, 0.29) is 30.0 Å². The molecule has 0 spiro atoms. The van der Waals surface area contributed by atoms with Gasteiger partial charge in [-0.25, -0.2) is 13.1 Å². The summed E-state index contributed by atoms with van der Waals surface area (Å²) in [7, 11) is -3.39. The minimum Gasteiger partial charge on any atom is -0.459 e. The van der Waals surface area contributed by atoms with E-state index in [2.05, 4.69) is 15.4 Å². The van der Waals surface area contributed by atoms with Gasteiger partial charge in [-0.2, -0.15) is 0 Å². The quantitative estimate of drug-likeness (QED) is 0.443. The number of hydrogen-bond donors (Lipinski definition) is 3. The predicted octanol–water partition coefficient (Wildman–Crippen LogP) is 3.60. The molecule has 0 saturated heterocycles. The topological polar surface area (TPSA) is 118 Å². The lowest BCUT2D eigenvalue weighted by atomic mass is 10.1. The zero-order valence-corrected chi connectivity index (χ0v) is 19.5. The highest BCUT2D eigenvalue weighted by atomic mass is 32.2. The monoisotopic (exact) mass is 469 g/mol. The van der Waals surface area contributed by atoms with Gasteiger partial charge < -0.3 is 15.1 Å². The molecule has 0 aliphatic heterocycles. The summed E-state index contributed by atoms with van der Waals surface area (Å²) < 4.78 is 31.8. The molecule has 0 radical (unpaired) electrons. The molecule has 0 saturated carbocycles. The molecular weight excluding hydrogens is 442 g/mol. The first kappa shape index (κ1) is 24.2. The molecule has 1 heterocycles. The maximum atomic E-state index is 12.6. The molecule has 3 rings (SSSR count). The second-order valence-corrected chi connectivity index (χ2v) is 9.75. The smallest absolute Gasteiger partial charge is 0.291 e. The van der Waals surface area contributed by atoms with E-state index in [0.29, 0.717) is 16.8 Å². The first-order valence-electron chi connectivity index (χ1n) is 10.4. The van der Waals surface area contributed by atoms with Gasteiger partial charge in [0.1, 0.15) is 0 Å². The fourth-order valence-electron chi connectivity index (χ4n) is 3.15. The van der Waals surface area contributed by atoms with Crippen LogP contribution in [-0.2, 0) is 22.3 Å². The third-order valence-electron chi connectivity index (χ3n) is 4.74. The van der Waals surface area contributed by atoms with Gasteiger partial charge >= 0.3 is 0 Å². The van der Waals surface area contributed by atoms with Crippen LogP contribution in [0.15, 0.2) is 65.3 Å². The standard InChI is InChI=1S/C24H27N3O5S/c1-16(2)27-33(30,31)15-19-9-7-18(8-10-19)14-25-23(28)20-11-6-17(3)21(13-20)26-24(29)22-5-4-12-32-22/h4-13,16,27H,14-15H2,1-3H3,(H,25,28)(H,26,29). The summed E-state index contributed by atoms with van der Waals surface area (Å²) in [5.74, 6) is -0.614. The average Bonchev–Trinajstić information content (AvgIpc) is 3.28. The number of aryl methyl sites for hydroxylation is 1. The Morgan fingerprint density at radius 2 is 1.67 bits per heavy atom. The number of benzene rings is 2. The van der Waals surface area contributed by atoms with E-state index in [9.17, 15) is 18.0 Å². The van der Waals surface area contributed by atoms with E-state index in [0.717, 1.165) is 11.1 Å². The number of carbonyl (C=O) groups excluding carboxylic acids is 2. The molecule has 0 atom stereocenters. The number of carbonyl (C=O) groups is 2. The number of sulfonamides is 1. The third kappa shape index (κ3) is 7.03. The number of anilines is 1. The first-order chi connectivity index (χ1) is 15.6. The average molecular weight is 470 g/mol. The van der Waals surface area contributed by atoms with Crippen molar-refractivity contribution in [1.29, 1.82) is 0 Å². The van der Waals surface area contributed by atoms with Crippen LogP contribution >= 0.6 is 0 Å². The van der Waals surface area contributed by atoms with Crippen molar-refractivity contribution >= 4 is 27.5 Å². The number of nitrogens with one attached hydrogen (secondary N) is 3. The minimum absolute atomic E-state index is 0.103. The Morgan fingerprint density at radius 1 is 0.970 bits per heavy atom. The van der Waals surface area contributed by atoms with Gasteiger partial charge in [-0.1, -0.05) is 30.3 Å². The lowest BCUT2D eigenvalue weighted by Crippen LogP contribution is -2.31. The van der Waals surface area contributed by atoms with Gasteiger partial charge in [-0.15, -0.1) is 0 Å². The molecule has 2 amide bonds. The molecule has 174 valence electrons. The lowest BCUT2D eigenvalue weighted by molar-refractivity contribution is 0.0949. The molecule has 0 unspecified atom stereocenters. The zero-order valence-electron chi connectivity index (χ0n) is 18.7. The summed E-state index contributed by atoms with van der Waals surface area (Å²) in [4.78, 5) is 24.9. The second-order valence-electron chi connectivity index (χ2n) is 7.99. The molecular formula is C24H27N3O5S. The fraction of sp³-hybridized carbons (Fsp3) is 0.250. The Balaban J connectivity index is 1.60. The summed E-state index contributed by atoms with van der Waals surface area (Å²) in [6.45, 7) is 5.65. The van der Waals surface area contributed by atoms with Crippen molar-refractivity contribution in [3.63, 3.8) is 0 Å². The van der Waals surface area contributed by atoms with Crippen LogP contribution in [0, 0.1) is 6.92 Å². The number of furan rings is 1. The van der Waals surface area contributed by atoms with Crippen molar-refractivity contribution in [2.24, 2.45) is 0 Å². The Morgan fingerprint density at radius 3 is 2.30 bits per heavy atom. The summed E-state index contributed by atoms with van der Waals surface area (Å²) in [6.07, 6.45) is 1.42. The lowest BCUT2D eigenvalue weighted by Gasteiger charge is -2.11. The Hall–Kier alpha value is -3.43. The summed E-state index contributed by atoms with van der Waals surface area (Å²) in [5.41, 5.74) is 3.22. The SMILES string of the molecule is Cc1ccc(C(=O)NCc2ccc(CS(=O)(=O)NC(C)C)cc2)cc1NC(=O)c1ccco1. The molecule has 0 fully saturated rings. The van der Waals surface area contributed by atoms with Crippen LogP contribution in [0.5, 0.6) is 0 Å². The van der Waals surface area contributed by atoms with Crippen LogP contribution in [0.3, 0.4) is 0 Å². The minimum atomic E-state index is -3.39. The highest BCUT2D eigenvalue weighted by molar-refractivity contribution is 7.88. The molecule has 0 bridgehead atoms. The van der Waals surface area contributed by atoms with Crippen molar-refractivity contribution in [2.45, 2.75) is 39.1 Å². The second kappa shape index (κ2) is 10.5. The Bertz CT molecular complexity index is 1220. The van der Waals surface area contributed by atoms with E-state index in [1.807, 2.05) is 6.92 Å². The van der Waals surface area contributed by atoms with Gasteiger partial charge in [0.2, 0.25) is 10.0 Å². The first-order valence-corrected chi connectivity index (χ1v) is 12.1. The van der Waals surface area contributed by atoms with Crippen LogP contribution in [0.4, 0.5) is 5.69 Å². The highest BCUT2D eigenvalue weighted by Crippen LogP contribution is 2.18. The van der Waals surface area contributed by atoms with Crippen LogP contribution in [0.1, 0.15) is 51.5 Å². The molecule has 0 aliphatic carbocycles. The van der Waals surface area contributed by atoms with Gasteiger partial charge in [0.25, 0.3) is 11.8 Å². The van der Waals surface area contributed by atoms with Gasteiger partial charge in [0.15, 0.2) is 5.76 Å². The molecule has 1 aromatic heterocycles. The van der Waals surface area contributed by atoms with Gasteiger partial charge in [-0.3, -0.25) is 9.59 Å². The normalized spacial score (nSPS) is 11.4. The van der Waals surface area contributed by atoms with Crippen molar-refractivity contribution in [3.05, 3.63) is 88.9 Å². The summed E-state index contributed by atoms with van der Waals surface area (Å²) in [5, 5.41) is 5.59. The van der Waals surface area contributed by atoms with E-state index in [1.54, 1.807) is 68.4 Å². The van der Waals surface area contributed by atoms with E-state index in [1.165, 1.54) is 6.26 Å². The number of amides is 2. The summed E-state index contributed by atoms with van der Waals surface area (Å²) in [6, 6.07) is 15.1. The van der Waals surface area contributed by atoms with Crippen molar-refractivity contribution < 1.29 is 22.4 Å². The largest absolute Gasteiger partial charge is 0.459 e. The van der Waals surface area contributed by atoms with E-state index >= 15 is 0 Å². The molecule has 2 aromatic carbocycles. The molecule has 9 heteroatoms. The molecule has 3 N–H and O–H groups in total. The molecule has 3 aromatic rings. The van der Waals surface area contributed by atoms with Crippen molar-refractivity contribution in [3.8, 4) is 0 Å². The van der Waals surface area contributed by atoms with Crippen LogP contribution < -0.4 is 15.4 Å². The predicted molar refractivity (Wildman–Crippen MR) is 126 cm³/mol. The maximum absolute atomic E-state index is 12.6. The molecule has 0 aliphatic rings. The van der Waals surface area contributed by atoms with Crippen LogP contribution in [0.2, 0.25) is 0 Å². The molecule has 33 heavy (non-hydrogen) atoms. The maximum Gasteiger partial charge on any atom is 0.291 e. The van der Waals surface area contributed by atoms with Crippen molar-refractivity contribution in [1.82, 2.24) is 10.0 Å². The Kier molecular flexibility index (Phi) is 7.67. The molecule has 8 nitrogen and oxygen atoms in total. The number of rotatable bonds is 9. The zero-order chi connectivity index (χ0) is 24.0. The highest BCUT2D eigenvalue weighted by Gasteiger charge is 2.14. The van der Waals surface area contributed by atoms with E-state index in [4.69, 9.17) is 4.42 Å². The third-order valence-corrected chi connectivity index (χ3v) is 6.28.